The highest BCUT2D eigenvalue weighted by Crippen LogP contribution is 2.03. The molecule has 0 saturated carbocycles. The van der Waals surface area contributed by atoms with Crippen LogP contribution >= 0.6 is 0 Å². The van der Waals surface area contributed by atoms with Gasteiger partial charge in [0.25, 0.3) is 0 Å². The molecule has 0 saturated heterocycles. The van der Waals surface area contributed by atoms with Crippen LogP contribution in [0.2, 0.25) is 0 Å². The largest absolute Gasteiger partial charge is 0.311 e. The quantitative estimate of drug-likeness (QED) is 0.746. The van der Waals surface area contributed by atoms with Crippen molar-refractivity contribution in [2.45, 2.75) is 20.0 Å². The van der Waals surface area contributed by atoms with Crippen molar-refractivity contribution in [3.8, 4) is 0 Å². The summed E-state index contributed by atoms with van der Waals surface area (Å²) in [4.78, 5) is 2.30. The van der Waals surface area contributed by atoms with Crippen molar-refractivity contribution in [1.29, 1.82) is 0 Å². The fourth-order valence-corrected chi connectivity index (χ4v) is 2.02. The molecule has 0 amide bonds. The van der Waals surface area contributed by atoms with Crippen molar-refractivity contribution in [3.63, 3.8) is 0 Å². The molecule has 0 atom stereocenters. The van der Waals surface area contributed by atoms with Crippen LogP contribution in [0.15, 0.2) is 42.7 Å². The van der Waals surface area contributed by atoms with Gasteiger partial charge in [-0.25, -0.2) is 0 Å². The summed E-state index contributed by atoms with van der Waals surface area (Å²) in [6.07, 6.45) is 4.06. The van der Waals surface area contributed by atoms with Crippen LogP contribution in [0.5, 0.6) is 0 Å². The zero-order chi connectivity index (χ0) is 14.2. The molecular formula is C16H24N4. The first-order valence-electron chi connectivity index (χ1n) is 7.22. The molecule has 1 aromatic carbocycles. The van der Waals surface area contributed by atoms with Crippen molar-refractivity contribution < 1.29 is 0 Å². The highest BCUT2D eigenvalue weighted by molar-refractivity contribution is 5.15. The van der Waals surface area contributed by atoms with E-state index in [0.717, 1.165) is 32.7 Å². The lowest BCUT2D eigenvalue weighted by atomic mass is 10.2. The number of nitrogens with one attached hydrogen (secondary N) is 1. The maximum Gasteiger partial charge on any atom is 0.0659 e. The molecule has 0 bridgehead atoms. The van der Waals surface area contributed by atoms with E-state index in [9.17, 15) is 0 Å². The molecule has 0 fully saturated rings. The van der Waals surface area contributed by atoms with Crippen LogP contribution in [0.4, 0.5) is 0 Å². The number of rotatable bonds is 8. The molecule has 0 aliphatic heterocycles. The predicted octanol–water partition coefficient (Wildman–Crippen LogP) is 1.97. The summed E-state index contributed by atoms with van der Waals surface area (Å²) in [5, 5.41) is 7.86. The fraction of sp³-hybridized carbons (Fsp3) is 0.438. The minimum atomic E-state index is 0.833. The van der Waals surface area contributed by atoms with Gasteiger partial charge in [-0.3, -0.25) is 4.68 Å². The summed E-state index contributed by atoms with van der Waals surface area (Å²) >= 11 is 0. The molecule has 108 valence electrons. The van der Waals surface area contributed by atoms with Gasteiger partial charge in [-0.2, -0.15) is 5.10 Å². The Balaban J connectivity index is 1.75. The van der Waals surface area contributed by atoms with E-state index >= 15 is 0 Å². The molecular weight excluding hydrogens is 248 g/mol. The van der Waals surface area contributed by atoms with Crippen molar-refractivity contribution in [3.05, 3.63) is 53.9 Å². The molecule has 2 rings (SSSR count). The third-order valence-corrected chi connectivity index (χ3v) is 3.41. The Labute approximate surface area is 121 Å². The van der Waals surface area contributed by atoms with E-state index in [-0.39, 0.29) is 0 Å². The van der Waals surface area contributed by atoms with Gasteiger partial charge in [0.15, 0.2) is 0 Å². The maximum absolute atomic E-state index is 4.41. The van der Waals surface area contributed by atoms with Crippen LogP contribution in [0.1, 0.15) is 18.1 Å². The Morgan fingerprint density at radius 1 is 1.20 bits per heavy atom. The lowest BCUT2D eigenvalue weighted by Crippen LogP contribution is -2.28. The first kappa shape index (κ1) is 14.8. The zero-order valence-electron chi connectivity index (χ0n) is 12.4. The number of nitrogens with zero attached hydrogens (tertiary/aromatic N) is 3. The molecule has 1 aromatic heterocycles. The van der Waals surface area contributed by atoms with Gasteiger partial charge in [0.05, 0.1) is 12.7 Å². The number of benzene rings is 1. The summed E-state index contributed by atoms with van der Waals surface area (Å²) in [5.41, 5.74) is 2.51. The number of likely N-dealkylation sites (N-methyl/N-ethyl adjacent to an activating group) is 1. The van der Waals surface area contributed by atoms with Crippen molar-refractivity contribution >= 4 is 0 Å². The molecule has 0 spiro atoms. The van der Waals surface area contributed by atoms with E-state index < -0.39 is 0 Å². The summed E-state index contributed by atoms with van der Waals surface area (Å²) in [6.45, 7) is 7.07. The van der Waals surface area contributed by atoms with Crippen molar-refractivity contribution in [1.82, 2.24) is 20.0 Å². The van der Waals surface area contributed by atoms with Gasteiger partial charge in [-0.05, 0) is 19.2 Å². The van der Waals surface area contributed by atoms with Crippen molar-refractivity contribution in [2.24, 2.45) is 0 Å². The highest BCUT2D eigenvalue weighted by atomic mass is 15.3. The van der Waals surface area contributed by atoms with E-state index in [1.807, 2.05) is 16.9 Å². The lowest BCUT2D eigenvalue weighted by molar-refractivity contribution is 0.349. The molecule has 1 N–H and O–H groups in total. The van der Waals surface area contributed by atoms with E-state index in [1.165, 1.54) is 11.1 Å². The monoisotopic (exact) mass is 272 g/mol. The van der Waals surface area contributed by atoms with Crippen LogP contribution in [0.25, 0.3) is 0 Å². The predicted molar refractivity (Wildman–Crippen MR) is 82.6 cm³/mol. The van der Waals surface area contributed by atoms with Crippen LogP contribution in [0, 0.1) is 0 Å². The minimum Gasteiger partial charge on any atom is -0.311 e. The normalized spacial score (nSPS) is 11.2. The number of hydrogen-bond donors (Lipinski definition) is 1. The Morgan fingerprint density at radius 3 is 2.75 bits per heavy atom. The number of hydrogen-bond acceptors (Lipinski definition) is 3. The molecule has 0 unspecified atom stereocenters. The van der Waals surface area contributed by atoms with E-state index in [2.05, 4.69) is 59.7 Å². The lowest BCUT2D eigenvalue weighted by Gasteiger charge is -2.13. The van der Waals surface area contributed by atoms with Gasteiger partial charge < -0.3 is 10.2 Å². The van der Waals surface area contributed by atoms with E-state index in [1.54, 1.807) is 0 Å². The topological polar surface area (TPSA) is 33.1 Å². The first-order valence-corrected chi connectivity index (χ1v) is 7.22. The zero-order valence-corrected chi connectivity index (χ0v) is 12.4. The molecule has 2 aromatic rings. The Kier molecular flexibility index (Phi) is 5.77. The fourth-order valence-electron chi connectivity index (χ4n) is 2.02. The van der Waals surface area contributed by atoms with Gasteiger partial charge in [0.2, 0.25) is 0 Å². The van der Waals surface area contributed by atoms with Crippen LogP contribution in [-0.4, -0.2) is 41.4 Å². The Bertz CT molecular complexity index is 492. The van der Waals surface area contributed by atoms with Gasteiger partial charge in [-0.1, -0.05) is 37.3 Å². The summed E-state index contributed by atoms with van der Waals surface area (Å²) in [7, 11) is 2.14. The second kappa shape index (κ2) is 7.82. The van der Waals surface area contributed by atoms with Crippen LogP contribution in [-0.2, 0) is 13.1 Å². The second-order valence-corrected chi connectivity index (χ2v) is 5.10. The Morgan fingerprint density at radius 2 is 2.00 bits per heavy atom. The first-order chi connectivity index (χ1) is 9.78. The molecule has 20 heavy (non-hydrogen) atoms. The molecule has 0 aliphatic rings. The molecule has 0 radical (unpaired) electrons. The molecule has 1 heterocycles. The average Bonchev–Trinajstić information content (AvgIpc) is 2.92. The average molecular weight is 272 g/mol. The smallest absolute Gasteiger partial charge is 0.0659 e. The van der Waals surface area contributed by atoms with Crippen LogP contribution in [0.3, 0.4) is 0 Å². The SMILES string of the molecule is CCN(C)CCNCc1cnn(Cc2ccccc2)c1. The second-order valence-electron chi connectivity index (χ2n) is 5.10. The van der Waals surface area contributed by atoms with Gasteiger partial charge in [-0.15, -0.1) is 0 Å². The summed E-state index contributed by atoms with van der Waals surface area (Å²) in [5.74, 6) is 0. The van der Waals surface area contributed by atoms with E-state index in [0.29, 0.717) is 0 Å². The number of aromatic nitrogens is 2. The highest BCUT2D eigenvalue weighted by Gasteiger charge is 2.00. The summed E-state index contributed by atoms with van der Waals surface area (Å²) < 4.78 is 1.99. The van der Waals surface area contributed by atoms with E-state index in [4.69, 9.17) is 0 Å². The third kappa shape index (κ3) is 4.79. The molecule has 4 nitrogen and oxygen atoms in total. The van der Waals surface area contributed by atoms with Crippen molar-refractivity contribution in [2.75, 3.05) is 26.7 Å². The van der Waals surface area contributed by atoms with Gasteiger partial charge >= 0.3 is 0 Å². The standard InChI is InChI=1S/C16H24N4/c1-3-19(2)10-9-17-11-16-12-18-20(14-16)13-15-7-5-4-6-8-15/h4-8,12,14,17H,3,9-11,13H2,1-2H3. The Hall–Kier alpha value is -1.65. The minimum absolute atomic E-state index is 0.833. The van der Waals surface area contributed by atoms with Gasteiger partial charge in [0.1, 0.15) is 0 Å². The molecule has 0 aliphatic carbocycles. The molecule has 4 heteroatoms. The van der Waals surface area contributed by atoms with Crippen LogP contribution < -0.4 is 5.32 Å². The third-order valence-electron chi connectivity index (χ3n) is 3.41. The maximum atomic E-state index is 4.41. The summed E-state index contributed by atoms with van der Waals surface area (Å²) in [6, 6.07) is 10.4. The van der Waals surface area contributed by atoms with Gasteiger partial charge in [0, 0.05) is 31.4 Å².